The van der Waals surface area contributed by atoms with E-state index in [1.54, 1.807) is 26.8 Å². The van der Waals surface area contributed by atoms with Crippen LogP contribution in [0, 0.1) is 6.92 Å². The lowest BCUT2D eigenvalue weighted by Crippen LogP contribution is -2.48. The molecule has 0 aliphatic carbocycles. The van der Waals surface area contributed by atoms with Crippen LogP contribution in [-0.2, 0) is 14.4 Å². The zero-order valence-corrected chi connectivity index (χ0v) is 15.5. The van der Waals surface area contributed by atoms with Crippen molar-refractivity contribution in [2.45, 2.75) is 33.3 Å². The maximum Gasteiger partial charge on any atom is 0.455 e. The highest BCUT2D eigenvalue weighted by Gasteiger charge is 2.24. The molecule has 11 heteroatoms. The van der Waals surface area contributed by atoms with Crippen molar-refractivity contribution < 1.29 is 28.8 Å². The molecule has 0 aromatic carbocycles. The minimum atomic E-state index is -1.05. The molecule has 0 radical (unpaired) electrons. The molecular weight excluding hydrogens is 346 g/mol. The summed E-state index contributed by atoms with van der Waals surface area (Å²) in [6, 6.07) is 3.16. The molecule has 26 heavy (non-hydrogen) atoms. The normalized spacial score (nSPS) is 10.4. The zero-order valence-electron chi connectivity index (χ0n) is 15.5. The highest BCUT2D eigenvalue weighted by molar-refractivity contribution is 5.74. The van der Waals surface area contributed by atoms with Crippen LogP contribution >= 0.6 is 0 Å². The number of rotatable bonds is 3. The molecule has 1 aromatic rings. The highest BCUT2D eigenvalue weighted by atomic mass is 17.0. The Kier molecular flexibility index (Phi) is 6.99. The van der Waals surface area contributed by atoms with E-state index in [0.717, 1.165) is 10.6 Å². The summed E-state index contributed by atoms with van der Waals surface area (Å²) in [5.41, 5.74) is 2.27. The van der Waals surface area contributed by atoms with Crippen molar-refractivity contribution in [3.05, 3.63) is 23.9 Å². The van der Waals surface area contributed by atoms with Gasteiger partial charge in [-0.1, -0.05) is 6.07 Å². The summed E-state index contributed by atoms with van der Waals surface area (Å²) < 4.78 is 5.02. The fraction of sp³-hybridized carbons (Fsp3) is 0.467. The van der Waals surface area contributed by atoms with Gasteiger partial charge in [-0.05, 0) is 44.6 Å². The largest absolute Gasteiger partial charge is 0.455 e. The molecule has 0 saturated heterocycles. The van der Waals surface area contributed by atoms with Crippen LogP contribution in [0.25, 0.3) is 0 Å². The summed E-state index contributed by atoms with van der Waals surface area (Å²) in [5, 5.41) is 3.46. The minimum absolute atomic E-state index is 0.0400. The lowest BCUT2D eigenvalue weighted by atomic mass is 10.2. The molecule has 144 valence electrons. The Bertz CT molecular complexity index is 643. The summed E-state index contributed by atoms with van der Waals surface area (Å²) in [4.78, 5) is 49.0. The number of hydrogen-bond acceptors (Lipinski definition) is 8. The first kappa shape index (κ1) is 20.8. The van der Waals surface area contributed by atoms with Crippen LogP contribution in [0.2, 0.25) is 0 Å². The van der Waals surface area contributed by atoms with Gasteiger partial charge in [-0.15, -0.1) is 0 Å². The van der Waals surface area contributed by atoms with Gasteiger partial charge >= 0.3 is 18.3 Å². The van der Waals surface area contributed by atoms with Crippen molar-refractivity contribution in [2.24, 2.45) is 0 Å². The van der Waals surface area contributed by atoms with Gasteiger partial charge in [0.2, 0.25) is 5.82 Å². The minimum Gasteiger partial charge on any atom is -0.443 e. The van der Waals surface area contributed by atoms with E-state index >= 15 is 0 Å². The lowest BCUT2D eigenvalue weighted by molar-refractivity contribution is -0.0287. The van der Waals surface area contributed by atoms with Crippen LogP contribution in [0.15, 0.2) is 18.3 Å². The van der Waals surface area contributed by atoms with Gasteiger partial charge in [0.05, 0.1) is 0 Å². The fourth-order valence-electron chi connectivity index (χ4n) is 1.42. The van der Waals surface area contributed by atoms with Gasteiger partial charge < -0.3 is 10.1 Å². The third-order valence-corrected chi connectivity index (χ3v) is 2.55. The van der Waals surface area contributed by atoms with Gasteiger partial charge in [0.25, 0.3) is 0 Å². The maximum absolute atomic E-state index is 12.1. The number of ether oxygens (including phenoxy) is 1. The molecule has 11 nitrogen and oxygen atoms in total. The van der Waals surface area contributed by atoms with Gasteiger partial charge in [-0.3, -0.25) is 9.68 Å². The first-order valence-corrected chi connectivity index (χ1v) is 7.59. The molecule has 1 heterocycles. The van der Waals surface area contributed by atoms with Crippen LogP contribution in [0.1, 0.15) is 26.3 Å². The van der Waals surface area contributed by atoms with E-state index in [-0.39, 0.29) is 5.82 Å². The molecular formula is C15H23N5O6. The molecule has 0 bridgehead atoms. The van der Waals surface area contributed by atoms with Crippen molar-refractivity contribution in [2.75, 3.05) is 19.3 Å². The van der Waals surface area contributed by atoms with E-state index in [2.05, 4.69) is 15.7 Å². The highest BCUT2D eigenvalue weighted by Crippen LogP contribution is 2.13. The second kappa shape index (κ2) is 8.74. The van der Waals surface area contributed by atoms with Crippen LogP contribution in [0.5, 0.6) is 0 Å². The lowest BCUT2D eigenvalue weighted by Gasteiger charge is -2.25. The Hall–Kier alpha value is -3.24. The summed E-state index contributed by atoms with van der Waals surface area (Å²) in [5.74, 6) is 0.0400. The first-order valence-electron chi connectivity index (χ1n) is 7.59. The second-order valence-corrected chi connectivity index (χ2v) is 6.11. The first-order chi connectivity index (χ1) is 12.0. The van der Waals surface area contributed by atoms with Crippen LogP contribution in [0.3, 0.4) is 0 Å². The third kappa shape index (κ3) is 7.11. The van der Waals surface area contributed by atoms with Gasteiger partial charge in [0, 0.05) is 20.3 Å². The summed E-state index contributed by atoms with van der Waals surface area (Å²) in [6.45, 7) is 6.83. The quantitative estimate of drug-likeness (QED) is 0.775. The van der Waals surface area contributed by atoms with Gasteiger partial charge in [0.15, 0.2) is 0 Å². The Morgan fingerprint density at radius 2 is 1.77 bits per heavy atom. The molecule has 0 saturated carbocycles. The molecule has 0 unspecified atom stereocenters. The van der Waals surface area contributed by atoms with E-state index in [9.17, 15) is 14.4 Å². The van der Waals surface area contributed by atoms with Crippen molar-refractivity contribution >= 4 is 24.1 Å². The SMILES string of the molecule is CNC(=O)ON(OC(=O)N(C)NC(=O)OC(C)(C)C)c1ccc(C)cn1. The molecule has 0 aliphatic heterocycles. The molecule has 0 atom stereocenters. The second-order valence-electron chi connectivity index (χ2n) is 6.11. The van der Waals surface area contributed by atoms with E-state index in [1.165, 1.54) is 26.4 Å². The van der Waals surface area contributed by atoms with Gasteiger partial charge in [0.1, 0.15) is 5.60 Å². The smallest absolute Gasteiger partial charge is 0.443 e. The molecule has 0 aliphatic rings. The van der Waals surface area contributed by atoms with Crippen molar-refractivity contribution in [1.29, 1.82) is 0 Å². The van der Waals surface area contributed by atoms with E-state index in [4.69, 9.17) is 14.4 Å². The zero-order chi connectivity index (χ0) is 19.9. The van der Waals surface area contributed by atoms with Gasteiger partial charge in [-0.2, -0.15) is 0 Å². The summed E-state index contributed by atoms with van der Waals surface area (Å²) >= 11 is 0. The van der Waals surface area contributed by atoms with E-state index in [1.807, 2.05) is 6.92 Å². The molecule has 1 rings (SSSR count). The number of carbonyl (C=O) groups excluding carboxylic acids is 3. The Morgan fingerprint density at radius 1 is 1.12 bits per heavy atom. The number of pyridine rings is 1. The fourth-order valence-corrected chi connectivity index (χ4v) is 1.42. The van der Waals surface area contributed by atoms with Crippen LogP contribution in [0.4, 0.5) is 20.2 Å². The molecule has 0 fully saturated rings. The van der Waals surface area contributed by atoms with E-state index in [0.29, 0.717) is 5.23 Å². The Balaban J connectivity index is 2.79. The van der Waals surface area contributed by atoms with E-state index < -0.39 is 23.9 Å². The van der Waals surface area contributed by atoms with Crippen LogP contribution in [-0.4, -0.2) is 48.0 Å². The number of amides is 3. The number of nitrogens with one attached hydrogen (secondary N) is 2. The average molecular weight is 369 g/mol. The molecule has 3 amide bonds. The average Bonchev–Trinajstić information content (AvgIpc) is 2.52. The Labute approximate surface area is 151 Å². The predicted molar refractivity (Wildman–Crippen MR) is 90.6 cm³/mol. The van der Waals surface area contributed by atoms with Crippen molar-refractivity contribution in [3.63, 3.8) is 0 Å². The number of nitrogens with zero attached hydrogens (tertiary/aromatic N) is 3. The number of aryl methyl sites for hydroxylation is 1. The molecule has 1 aromatic heterocycles. The summed E-state index contributed by atoms with van der Waals surface area (Å²) in [7, 11) is 2.56. The monoisotopic (exact) mass is 369 g/mol. The number of hydrazine groups is 1. The number of anilines is 1. The Morgan fingerprint density at radius 3 is 2.27 bits per heavy atom. The van der Waals surface area contributed by atoms with Crippen molar-refractivity contribution in [1.82, 2.24) is 20.7 Å². The third-order valence-electron chi connectivity index (χ3n) is 2.55. The topological polar surface area (TPSA) is 122 Å². The van der Waals surface area contributed by atoms with Gasteiger partial charge in [-0.25, -0.2) is 29.8 Å². The van der Waals surface area contributed by atoms with Crippen LogP contribution < -0.4 is 16.0 Å². The summed E-state index contributed by atoms with van der Waals surface area (Å²) in [6.07, 6.45) is -1.30. The molecule has 2 N–H and O–H groups in total. The number of hydrogen-bond donors (Lipinski definition) is 2. The standard InChI is InChI=1S/C15H23N5O6/c1-10-7-8-11(17-9-10)20(25-12(21)16-5)26-14(23)19(6)18-13(22)24-15(2,3)4/h7-9H,1-6H3,(H,16,21)(H,18,22). The number of aromatic nitrogens is 1. The van der Waals surface area contributed by atoms with Crippen molar-refractivity contribution in [3.8, 4) is 0 Å². The molecule has 0 spiro atoms. The number of carbonyl (C=O) groups is 3. The predicted octanol–water partition coefficient (Wildman–Crippen LogP) is 1.89. The maximum atomic E-state index is 12.1.